The SMILES string of the molecule is CCCCCCCCC1=C(c2cccc(C)c2)[N+](=[N-])C(c2cccc(C)c2)=C1.C[CH2][Ni][CH2]C. The third kappa shape index (κ3) is 8.71. The molecule has 3 heteroatoms. The molecule has 0 radical (unpaired) electrons. The van der Waals surface area contributed by atoms with Gasteiger partial charge in [0.15, 0.2) is 0 Å². The van der Waals surface area contributed by atoms with Crippen molar-refractivity contribution in [3.8, 4) is 0 Å². The number of aryl methyl sites for hydroxylation is 2. The zero-order valence-corrected chi connectivity index (χ0v) is 22.3. The molecule has 2 aromatic carbocycles. The van der Waals surface area contributed by atoms with E-state index in [1.54, 1.807) is 0 Å². The predicted octanol–water partition coefficient (Wildman–Crippen LogP) is 9.80. The first-order valence-electron chi connectivity index (χ1n) is 12.5. The molecule has 0 aromatic heterocycles. The van der Waals surface area contributed by atoms with Crippen molar-refractivity contribution in [2.24, 2.45) is 0 Å². The van der Waals surface area contributed by atoms with Gasteiger partial charge in [0.2, 0.25) is 11.4 Å². The topological polar surface area (TPSA) is 25.3 Å². The van der Waals surface area contributed by atoms with Crippen molar-refractivity contribution < 1.29 is 19.1 Å². The summed E-state index contributed by atoms with van der Waals surface area (Å²) in [5.41, 5.74) is 18.7. The Hall–Kier alpha value is -1.99. The van der Waals surface area contributed by atoms with Crippen molar-refractivity contribution >= 4 is 11.4 Å². The summed E-state index contributed by atoms with van der Waals surface area (Å²) in [5.74, 6) is 0. The van der Waals surface area contributed by atoms with E-state index in [2.05, 4.69) is 89.2 Å². The summed E-state index contributed by atoms with van der Waals surface area (Å²) in [7, 11) is 0. The van der Waals surface area contributed by atoms with Crippen LogP contribution in [0.3, 0.4) is 0 Å². The van der Waals surface area contributed by atoms with Crippen molar-refractivity contribution in [2.45, 2.75) is 90.3 Å². The predicted molar refractivity (Wildman–Crippen MR) is 140 cm³/mol. The van der Waals surface area contributed by atoms with E-state index in [0.29, 0.717) is 0 Å². The van der Waals surface area contributed by atoms with Crippen LogP contribution in [0.15, 0.2) is 60.2 Å². The van der Waals surface area contributed by atoms with Gasteiger partial charge >= 0.3 is 39.1 Å². The van der Waals surface area contributed by atoms with Crippen LogP contribution >= 0.6 is 0 Å². The zero-order valence-electron chi connectivity index (χ0n) is 21.3. The number of benzene rings is 2. The molecule has 1 aliphatic heterocycles. The van der Waals surface area contributed by atoms with Crippen molar-refractivity contribution in [3.05, 3.63) is 88.0 Å². The van der Waals surface area contributed by atoms with Crippen LogP contribution in [-0.4, -0.2) is 4.70 Å². The van der Waals surface area contributed by atoms with Crippen LogP contribution in [0, 0.1) is 13.8 Å². The van der Waals surface area contributed by atoms with E-state index in [1.807, 2.05) is 14.4 Å². The number of rotatable bonds is 11. The van der Waals surface area contributed by atoms with E-state index in [9.17, 15) is 5.53 Å². The van der Waals surface area contributed by atoms with Gasteiger partial charge in [0.1, 0.15) is 0 Å². The molecule has 1 heterocycles. The summed E-state index contributed by atoms with van der Waals surface area (Å²) < 4.78 is 1.40. The molecular weight excluding hydrogens is 447 g/mol. The molecular formula is C30H42N2Ni. The van der Waals surface area contributed by atoms with Gasteiger partial charge in [-0.05, 0) is 51.0 Å². The number of hydrogen-bond acceptors (Lipinski definition) is 0. The molecule has 2 nitrogen and oxygen atoms in total. The number of hydrogen-bond donors (Lipinski definition) is 0. The molecule has 2 aromatic rings. The average molecular weight is 489 g/mol. The van der Waals surface area contributed by atoms with E-state index in [0.717, 1.165) is 28.9 Å². The Kier molecular flexibility index (Phi) is 12.4. The monoisotopic (exact) mass is 488 g/mol. The third-order valence-corrected chi connectivity index (χ3v) is 6.76. The normalized spacial score (nSPS) is 13.2. The first-order chi connectivity index (χ1) is 16.0. The molecule has 1 aliphatic rings. The first-order valence-corrected chi connectivity index (χ1v) is 13.9. The Morgan fingerprint density at radius 3 is 1.91 bits per heavy atom. The van der Waals surface area contributed by atoms with E-state index in [-0.39, 0.29) is 0 Å². The van der Waals surface area contributed by atoms with Gasteiger partial charge in [0.25, 0.3) is 0 Å². The van der Waals surface area contributed by atoms with Gasteiger partial charge in [-0.15, -0.1) is 0 Å². The standard InChI is InChI=1S/C26H32N2.2C2H5.Ni/c1-4-5-6-7-8-9-14-24-19-25(22-15-10-12-20(2)17-22)28(27)26(24)23-16-11-13-21(3)18-23;2*1-2;/h10-13,15-19H,4-9,14H2,1-3H3;2*1H2,2H3;. The van der Waals surface area contributed by atoms with E-state index >= 15 is 0 Å². The van der Waals surface area contributed by atoms with Crippen molar-refractivity contribution in [1.29, 1.82) is 0 Å². The molecule has 3 rings (SSSR count). The zero-order chi connectivity index (χ0) is 24.1. The van der Waals surface area contributed by atoms with Gasteiger partial charge in [0.05, 0.1) is 0 Å². The number of unbranched alkanes of at least 4 members (excludes halogenated alkanes) is 5. The summed E-state index contributed by atoms with van der Waals surface area (Å²) in [5, 5.41) is 2.56. The summed E-state index contributed by atoms with van der Waals surface area (Å²) in [6.07, 6.45) is 10.8. The summed E-state index contributed by atoms with van der Waals surface area (Å²) in [4.78, 5) is 0. The van der Waals surface area contributed by atoms with Crippen LogP contribution in [0.1, 0.15) is 88.0 Å². The number of allylic oxidation sites excluding steroid dienone is 2. The van der Waals surface area contributed by atoms with Crippen LogP contribution in [0.2, 0.25) is 10.8 Å². The maximum atomic E-state index is 11.1. The van der Waals surface area contributed by atoms with Gasteiger partial charge in [-0.3, -0.25) is 0 Å². The molecule has 0 saturated carbocycles. The Bertz CT molecular complexity index is 953. The molecule has 0 fully saturated rings. The third-order valence-electron chi connectivity index (χ3n) is 5.78. The molecule has 0 amide bonds. The molecule has 0 atom stereocenters. The molecule has 33 heavy (non-hydrogen) atoms. The second kappa shape index (κ2) is 15.0. The Morgan fingerprint density at radius 1 is 0.758 bits per heavy atom. The van der Waals surface area contributed by atoms with E-state index in [1.165, 1.54) is 70.7 Å². The summed E-state index contributed by atoms with van der Waals surface area (Å²) in [6, 6.07) is 16.8. The summed E-state index contributed by atoms with van der Waals surface area (Å²) in [6.45, 7) is 10.8. The van der Waals surface area contributed by atoms with Crippen LogP contribution < -0.4 is 0 Å². The van der Waals surface area contributed by atoms with Crippen molar-refractivity contribution in [1.82, 2.24) is 0 Å². The van der Waals surface area contributed by atoms with Crippen LogP contribution in [-0.2, 0) is 14.4 Å². The van der Waals surface area contributed by atoms with Gasteiger partial charge < -0.3 is 5.53 Å². The first kappa shape index (κ1) is 27.3. The molecule has 0 bridgehead atoms. The molecule has 182 valence electrons. The molecule has 0 spiro atoms. The van der Waals surface area contributed by atoms with Gasteiger partial charge in [-0.2, -0.15) is 0 Å². The summed E-state index contributed by atoms with van der Waals surface area (Å²) >= 11 is 1.82. The fourth-order valence-corrected chi connectivity index (χ4v) is 4.60. The Morgan fingerprint density at radius 2 is 1.33 bits per heavy atom. The van der Waals surface area contributed by atoms with Crippen molar-refractivity contribution in [2.75, 3.05) is 0 Å². The van der Waals surface area contributed by atoms with Gasteiger partial charge in [-0.25, -0.2) is 4.70 Å². The molecule has 0 N–H and O–H groups in total. The van der Waals surface area contributed by atoms with E-state index < -0.39 is 0 Å². The van der Waals surface area contributed by atoms with Crippen LogP contribution in [0.5, 0.6) is 0 Å². The van der Waals surface area contributed by atoms with E-state index in [4.69, 9.17) is 0 Å². The minimum absolute atomic E-state index is 0.876. The minimum atomic E-state index is 0.876. The van der Waals surface area contributed by atoms with Crippen molar-refractivity contribution in [3.63, 3.8) is 0 Å². The quantitative estimate of drug-likeness (QED) is 0.171. The second-order valence-electron chi connectivity index (χ2n) is 8.58. The maximum absolute atomic E-state index is 11.1. The fourth-order valence-electron chi connectivity index (χ4n) is 4.11. The average Bonchev–Trinajstić information content (AvgIpc) is 3.13. The van der Waals surface area contributed by atoms with Crippen LogP contribution in [0.4, 0.5) is 0 Å². The molecule has 0 saturated heterocycles. The fraction of sp³-hybridized carbons (Fsp3) is 0.467. The number of nitrogens with zero attached hydrogens (tertiary/aromatic N) is 2. The Balaban J connectivity index is 0.000000696. The van der Waals surface area contributed by atoms with Gasteiger partial charge in [-0.1, -0.05) is 74.4 Å². The molecule has 0 aliphatic carbocycles. The van der Waals surface area contributed by atoms with Crippen LogP contribution in [0.25, 0.3) is 16.9 Å². The Labute approximate surface area is 208 Å². The second-order valence-corrected chi connectivity index (χ2v) is 10.5. The molecule has 0 unspecified atom stereocenters. The van der Waals surface area contributed by atoms with Gasteiger partial charge in [0, 0.05) is 22.8 Å².